The third-order valence-electron chi connectivity index (χ3n) is 1.82. The van der Waals surface area contributed by atoms with Gasteiger partial charge in [0.1, 0.15) is 0 Å². The molecule has 72 valence electrons. The molecule has 0 radical (unpaired) electrons. The van der Waals surface area contributed by atoms with Gasteiger partial charge in [-0.15, -0.1) is 11.6 Å². The third-order valence-corrected chi connectivity index (χ3v) is 2.66. The first-order valence-electron chi connectivity index (χ1n) is 4.00. The zero-order valence-corrected chi connectivity index (χ0v) is 10.1. The molecule has 0 aliphatic heterocycles. The minimum atomic E-state index is 0.444. The second-order valence-corrected chi connectivity index (χ2v) is 4.25. The van der Waals surface area contributed by atoms with E-state index in [1.807, 2.05) is 12.3 Å². The molecule has 2 aromatic rings. The molecule has 3 nitrogen and oxygen atoms in total. The lowest BCUT2D eigenvalue weighted by Crippen LogP contribution is -1.99. The molecule has 2 aromatic heterocycles. The average molecular weight is 320 g/mol. The van der Waals surface area contributed by atoms with Crippen LogP contribution in [0.25, 0.3) is 5.69 Å². The lowest BCUT2D eigenvalue weighted by molar-refractivity contribution is 0.867. The number of halogens is 2. The Kier molecular flexibility index (Phi) is 3.02. The molecule has 0 bridgehead atoms. The standard InChI is InChI=1S/C9H7ClIN3/c10-3-7-4-12-2-1-9(7)14-6-8(11)5-13-14/h1-2,4-6H,3H2. The van der Waals surface area contributed by atoms with Crippen molar-refractivity contribution >= 4 is 34.2 Å². The van der Waals surface area contributed by atoms with Crippen LogP contribution in [-0.2, 0) is 5.88 Å². The van der Waals surface area contributed by atoms with E-state index in [1.165, 1.54) is 0 Å². The zero-order chi connectivity index (χ0) is 9.97. The Morgan fingerprint density at radius 2 is 2.29 bits per heavy atom. The molecule has 2 rings (SSSR count). The molecule has 0 fully saturated rings. The fourth-order valence-electron chi connectivity index (χ4n) is 1.18. The number of pyridine rings is 1. The van der Waals surface area contributed by atoms with Crippen LogP contribution < -0.4 is 0 Å². The molecule has 0 spiro atoms. The molecule has 0 aliphatic carbocycles. The van der Waals surface area contributed by atoms with E-state index in [4.69, 9.17) is 11.6 Å². The van der Waals surface area contributed by atoms with E-state index in [9.17, 15) is 0 Å². The summed E-state index contributed by atoms with van der Waals surface area (Å²) in [5, 5.41) is 4.22. The summed E-state index contributed by atoms with van der Waals surface area (Å²) in [6.07, 6.45) is 7.25. The van der Waals surface area contributed by atoms with Crippen molar-refractivity contribution in [2.45, 2.75) is 5.88 Å². The van der Waals surface area contributed by atoms with Gasteiger partial charge < -0.3 is 0 Å². The van der Waals surface area contributed by atoms with E-state index >= 15 is 0 Å². The summed E-state index contributed by atoms with van der Waals surface area (Å²) in [5.74, 6) is 0.444. The minimum absolute atomic E-state index is 0.444. The highest BCUT2D eigenvalue weighted by Gasteiger charge is 2.04. The number of alkyl halides is 1. The van der Waals surface area contributed by atoms with Crippen LogP contribution in [0, 0.1) is 3.57 Å². The largest absolute Gasteiger partial charge is 0.264 e. The van der Waals surface area contributed by atoms with Crippen molar-refractivity contribution in [1.29, 1.82) is 0 Å². The number of aromatic nitrogens is 3. The van der Waals surface area contributed by atoms with Crippen LogP contribution in [0.3, 0.4) is 0 Å². The molecule has 0 amide bonds. The first-order valence-corrected chi connectivity index (χ1v) is 5.62. The second-order valence-electron chi connectivity index (χ2n) is 2.74. The summed E-state index contributed by atoms with van der Waals surface area (Å²) in [4.78, 5) is 4.02. The maximum absolute atomic E-state index is 5.81. The molecule has 2 heterocycles. The van der Waals surface area contributed by atoms with Crippen LogP contribution >= 0.6 is 34.2 Å². The molecule has 0 atom stereocenters. The number of hydrogen-bond donors (Lipinski definition) is 0. The Hall–Kier alpha value is -0.620. The van der Waals surface area contributed by atoms with E-state index in [0.717, 1.165) is 14.8 Å². The lowest BCUT2D eigenvalue weighted by atomic mass is 10.2. The Morgan fingerprint density at radius 1 is 1.43 bits per heavy atom. The Labute approximate surface area is 100 Å². The molecule has 5 heteroatoms. The lowest BCUT2D eigenvalue weighted by Gasteiger charge is -2.04. The molecule has 14 heavy (non-hydrogen) atoms. The van der Waals surface area contributed by atoms with Gasteiger partial charge in [-0.3, -0.25) is 4.98 Å². The van der Waals surface area contributed by atoms with E-state index in [1.54, 1.807) is 23.3 Å². The molecule has 0 saturated carbocycles. The van der Waals surface area contributed by atoms with Gasteiger partial charge in [-0.2, -0.15) is 5.10 Å². The normalized spacial score (nSPS) is 10.4. The van der Waals surface area contributed by atoms with Gasteiger partial charge in [-0.05, 0) is 28.7 Å². The molecule has 0 aliphatic rings. The highest BCUT2D eigenvalue weighted by Crippen LogP contribution is 2.15. The molecule has 0 unspecified atom stereocenters. The monoisotopic (exact) mass is 319 g/mol. The second kappa shape index (κ2) is 4.27. The number of hydrogen-bond acceptors (Lipinski definition) is 2. The Balaban J connectivity index is 2.50. The summed E-state index contributed by atoms with van der Waals surface area (Å²) in [7, 11) is 0. The van der Waals surface area contributed by atoms with E-state index in [2.05, 4.69) is 32.7 Å². The van der Waals surface area contributed by atoms with Crippen molar-refractivity contribution in [2.75, 3.05) is 0 Å². The van der Waals surface area contributed by atoms with Crippen LogP contribution in [-0.4, -0.2) is 14.8 Å². The summed E-state index contributed by atoms with van der Waals surface area (Å²) in [6, 6.07) is 1.90. The summed E-state index contributed by atoms with van der Waals surface area (Å²) < 4.78 is 2.90. The topological polar surface area (TPSA) is 30.7 Å². The van der Waals surface area contributed by atoms with Crippen molar-refractivity contribution in [3.05, 3.63) is 40.0 Å². The van der Waals surface area contributed by atoms with Crippen LogP contribution in [0.5, 0.6) is 0 Å². The van der Waals surface area contributed by atoms with Crippen LogP contribution in [0.1, 0.15) is 5.56 Å². The third kappa shape index (κ3) is 1.90. The van der Waals surface area contributed by atoms with Gasteiger partial charge in [0.25, 0.3) is 0 Å². The van der Waals surface area contributed by atoms with E-state index in [0.29, 0.717) is 5.88 Å². The molecular weight excluding hydrogens is 312 g/mol. The molecule has 0 N–H and O–H groups in total. The van der Waals surface area contributed by atoms with Crippen LogP contribution in [0.2, 0.25) is 0 Å². The van der Waals surface area contributed by atoms with Crippen molar-refractivity contribution < 1.29 is 0 Å². The Bertz CT molecular complexity index is 441. The van der Waals surface area contributed by atoms with Gasteiger partial charge in [0.05, 0.1) is 21.3 Å². The fourth-order valence-corrected chi connectivity index (χ4v) is 1.77. The molecule has 0 saturated heterocycles. The van der Waals surface area contributed by atoms with Crippen LogP contribution in [0.15, 0.2) is 30.9 Å². The SMILES string of the molecule is ClCc1cnccc1-n1cc(I)cn1. The highest BCUT2D eigenvalue weighted by atomic mass is 127. The zero-order valence-electron chi connectivity index (χ0n) is 7.19. The van der Waals surface area contributed by atoms with Gasteiger partial charge in [0.2, 0.25) is 0 Å². The average Bonchev–Trinajstić information content (AvgIpc) is 2.65. The van der Waals surface area contributed by atoms with Gasteiger partial charge in [0.15, 0.2) is 0 Å². The van der Waals surface area contributed by atoms with Crippen molar-refractivity contribution in [3.8, 4) is 5.69 Å². The van der Waals surface area contributed by atoms with Gasteiger partial charge in [-0.25, -0.2) is 4.68 Å². The quantitative estimate of drug-likeness (QED) is 0.629. The first-order chi connectivity index (χ1) is 6.81. The highest BCUT2D eigenvalue weighted by molar-refractivity contribution is 14.1. The van der Waals surface area contributed by atoms with Gasteiger partial charge >= 0.3 is 0 Å². The first kappa shape index (κ1) is 9.92. The van der Waals surface area contributed by atoms with E-state index in [-0.39, 0.29) is 0 Å². The molecular formula is C9H7ClIN3. The minimum Gasteiger partial charge on any atom is -0.264 e. The summed E-state index contributed by atoms with van der Waals surface area (Å²) >= 11 is 8.03. The van der Waals surface area contributed by atoms with Gasteiger partial charge in [-0.1, -0.05) is 0 Å². The smallest absolute Gasteiger partial charge is 0.0720 e. The summed E-state index contributed by atoms with van der Waals surface area (Å²) in [5.41, 5.74) is 1.96. The fraction of sp³-hybridized carbons (Fsp3) is 0.111. The van der Waals surface area contributed by atoms with Crippen molar-refractivity contribution in [2.24, 2.45) is 0 Å². The number of rotatable bonds is 2. The summed E-state index contributed by atoms with van der Waals surface area (Å²) in [6.45, 7) is 0. The molecule has 0 aromatic carbocycles. The maximum Gasteiger partial charge on any atom is 0.0720 e. The van der Waals surface area contributed by atoms with Crippen molar-refractivity contribution in [1.82, 2.24) is 14.8 Å². The van der Waals surface area contributed by atoms with Crippen molar-refractivity contribution in [3.63, 3.8) is 0 Å². The predicted molar refractivity (Wildman–Crippen MR) is 63.6 cm³/mol. The van der Waals surface area contributed by atoms with Gasteiger partial charge in [0, 0.05) is 24.2 Å². The maximum atomic E-state index is 5.81. The number of nitrogens with zero attached hydrogens (tertiary/aromatic N) is 3. The van der Waals surface area contributed by atoms with Crippen LogP contribution in [0.4, 0.5) is 0 Å². The van der Waals surface area contributed by atoms with E-state index < -0.39 is 0 Å². The predicted octanol–water partition coefficient (Wildman–Crippen LogP) is 2.61. The Morgan fingerprint density at radius 3 is 2.93 bits per heavy atom.